The molecule has 0 aromatic carbocycles. The van der Waals surface area contributed by atoms with Crippen LogP contribution in [-0.4, -0.2) is 96.7 Å². The van der Waals surface area contributed by atoms with Gasteiger partial charge in [-0.2, -0.15) is 0 Å². The third-order valence-electron chi connectivity index (χ3n) is 14.5. The number of rotatable bonds is 67. The van der Waals surface area contributed by atoms with Gasteiger partial charge in [0.15, 0.2) is 12.2 Å². The monoisotopic (exact) mass is 1410 g/mol. The number of unbranched alkanes of at least 4 members (excludes halogenated alkanes) is 16. The summed E-state index contributed by atoms with van der Waals surface area (Å²) in [5.74, 6) is -2.43. The molecule has 0 saturated heterocycles. The molecule has 0 amide bonds. The Morgan fingerprint density at radius 3 is 0.980 bits per heavy atom. The molecular weight excluding hydrogens is 1280 g/mol. The molecule has 556 valence electrons. The zero-order valence-corrected chi connectivity index (χ0v) is 62.2. The van der Waals surface area contributed by atoms with Gasteiger partial charge in [-0.15, -0.1) is 0 Å². The number of carbonyl (C=O) groups excluding carboxylic acids is 4. The Morgan fingerprint density at radius 2 is 0.592 bits per heavy atom. The molecule has 0 bridgehead atoms. The summed E-state index contributed by atoms with van der Waals surface area (Å²) in [7, 11) is -10.0. The van der Waals surface area contributed by atoms with Crippen LogP contribution in [0, 0.1) is 0 Å². The van der Waals surface area contributed by atoms with Gasteiger partial charge < -0.3 is 33.8 Å². The summed E-state index contributed by atoms with van der Waals surface area (Å²) >= 11 is 0. The predicted molar refractivity (Wildman–Crippen MR) is 399 cm³/mol. The van der Waals surface area contributed by atoms with Gasteiger partial charge in [-0.3, -0.25) is 37.3 Å². The first-order valence-corrected chi connectivity index (χ1v) is 39.7. The highest BCUT2D eigenvalue weighted by molar-refractivity contribution is 7.47. The first-order chi connectivity index (χ1) is 47.7. The van der Waals surface area contributed by atoms with Gasteiger partial charge in [0.25, 0.3) is 0 Å². The van der Waals surface area contributed by atoms with E-state index < -0.39 is 97.5 Å². The SMILES string of the molecule is CC/C=C\C/C=C\C/C=C\C/C=C\C/C=C\CCCC(=O)OCC(COP(=O)(O)OCC(O)COP(=O)(O)OCC(COC(=O)C/C=C\C/C=C\C/C=C\C/C=C\C/C=C\CC)OC(=O)CCCCCCC/C=C\C/C=C\CCCCC)OC(=O)CCCCCCC/C=C\CCCC. The second-order valence-electron chi connectivity index (χ2n) is 23.8. The average Bonchev–Trinajstić information content (AvgIpc) is 0.986. The quantitative estimate of drug-likeness (QED) is 0.0169. The summed E-state index contributed by atoms with van der Waals surface area (Å²) in [4.78, 5) is 72.6. The zero-order chi connectivity index (χ0) is 71.8. The number of esters is 4. The lowest BCUT2D eigenvalue weighted by molar-refractivity contribution is -0.161. The van der Waals surface area contributed by atoms with E-state index in [4.69, 9.17) is 37.0 Å². The van der Waals surface area contributed by atoms with E-state index in [0.717, 1.165) is 148 Å². The number of ether oxygens (including phenoxy) is 4. The molecule has 0 rings (SSSR count). The number of aliphatic hydroxyl groups is 1. The van der Waals surface area contributed by atoms with Gasteiger partial charge >= 0.3 is 39.5 Å². The Kier molecular flexibility index (Phi) is 66.3. The van der Waals surface area contributed by atoms with Gasteiger partial charge in [0, 0.05) is 19.3 Å². The Bertz CT molecular complexity index is 2480. The Hall–Kier alpha value is -5.32. The Morgan fingerprint density at radius 1 is 0.306 bits per heavy atom. The van der Waals surface area contributed by atoms with Crippen molar-refractivity contribution in [2.24, 2.45) is 0 Å². The van der Waals surface area contributed by atoms with Crippen molar-refractivity contribution in [1.29, 1.82) is 0 Å². The van der Waals surface area contributed by atoms with Crippen molar-refractivity contribution in [3.05, 3.63) is 158 Å². The third-order valence-corrected chi connectivity index (χ3v) is 16.4. The van der Waals surface area contributed by atoms with Crippen LogP contribution < -0.4 is 0 Å². The first kappa shape index (κ1) is 92.7. The van der Waals surface area contributed by atoms with E-state index in [-0.39, 0.29) is 25.7 Å². The summed E-state index contributed by atoms with van der Waals surface area (Å²) in [5.41, 5.74) is 0. The minimum atomic E-state index is -5.00. The van der Waals surface area contributed by atoms with Crippen LogP contribution >= 0.6 is 15.6 Å². The van der Waals surface area contributed by atoms with E-state index in [9.17, 15) is 43.2 Å². The molecule has 3 N–H and O–H groups in total. The fourth-order valence-electron chi connectivity index (χ4n) is 8.93. The van der Waals surface area contributed by atoms with E-state index in [1.807, 2.05) is 30.4 Å². The van der Waals surface area contributed by atoms with Crippen molar-refractivity contribution < 1.29 is 80.2 Å². The summed E-state index contributed by atoms with van der Waals surface area (Å²) in [5, 5.41) is 10.6. The lowest BCUT2D eigenvalue weighted by Gasteiger charge is -2.21. The van der Waals surface area contributed by atoms with Gasteiger partial charge in [-0.1, -0.05) is 250 Å². The van der Waals surface area contributed by atoms with Gasteiger partial charge in [0.1, 0.15) is 19.3 Å². The Balaban J connectivity index is 5.47. The van der Waals surface area contributed by atoms with E-state index in [0.29, 0.717) is 32.1 Å². The topological polar surface area (TPSA) is 237 Å². The second-order valence-corrected chi connectivity index (χ2v) is 26.7. The summed E-state index contributed by atoms with van der Waals surface area (Å²) in [6.45, 7) is 4.33. The smallest absolute Gasteiger partial charge is 0.462 e. The number of aliphatic hydroxyl groups excluding tert-OH is 1. The molecule has 5 unspecified atom stereocenters. The fourth-order valence-corrected chi connectivity index (χ4v) is 10.5. The largest absolute Gasteiger partial charge is 0.472 e. The van der Waals surface area contributed by atoms with Crippen molar-refractivity contribution in [2.45, 2.75) is 277 Å². The van der Waals surface area contributed by atoms with Crippen LogP contribution in [0.25, 0.3) is 0 Å². The molecule has 0 aromatic heterocycles. The maximum absolute atomic E-state index is 13.0. The van der Waals surface area contributed by atoms with Gasteiger partial charge in [-0.05, 0) is 141 Å². The van der Waals surface area contributed by atoms with Crippen molar-refractivity contribution in [2.75, 3.05) is 39.6 Å². The predicted octanol–water partition coefficient (Wildman–Crippen LogP) is 20.9. The van der Waals surface area contributed by atoms with Crippen LogP contribution in [0.1, 0.15) is 259 Å². The first-order valence-electron chi connectivity index (χ1n) is 36.7. The normalized spacial score (nSPS) is 14.9. The molecule has 0 aliphatic carbocycles. The number of carbonyl (C=O) groups is 4. The molecule has 0 saturated carbocycles. The van der Waals surface area contributed by atoms with Crippen molar-refractivity contribution >= 4 is 39.5 Å². The van der Waals surface area contributed by atoms with Crippen molar-refractivity contribution in [3.63, 3.8) is 0 Å². The van der Waals surface area contributed by atoms with Crippen LogP contribution in [0.3, 0.4) is 0 Å². The van der Waals surface area contributed by atoms with Crippen LogP contribution in [-0.2, 0) is 65.4 Å². The number of hydrogen-bond acceptors (Lipinski definition) is 15. The molecule has 19 heteroatoms. The zero-order valence-electron chi connectivity index (χ0n) is 60.4. The second kappa shape index (κ2) is 70.1. The van der Waals surface area contributed by atoms with Gasteiger partial charge in [0.2, 0.25) is 0 Å². The summed E-state index contributed by atoms with van der Waals surface area (Å²) in [6.07, 6.45) is 80.0. The average molecular weight is 1410 g/mol. The Labute approximate surface area is 591 Å². The van der Waals surface area contributed by atoms with Crippen LogP contribution in [0.5, 0.6) is 0 Å². The summed E-state index contributed by atoms with van der Waals surface area (Å²) < 4.78 is 68.1. The van der Waals surface area contributed by atoms with Crippen molar-refractivity contribution in [1.82, 2.24) is 0 Å². The standard InChI is InChI=1S/C79H128O17P2/c1-5-9-13-17-21-25-29-32-35-36-39-41-45-48-52-56-60-64-77(82)89-69-74(95-78(83)65-61-57-53-49-43-28-24-20-16-12-8-4)71-93-97(85,86)91-67-73(80)68-92-98(87,88)94-72-75(96-79(84)66-62-58-54-50-46-42-38-34-31-27-23-19-15-11-7-3)70-90-76(81)63-59-55-51-47-44-40-37-33-30-26-22-18-14-10-6-2/h9-10,13-14,20-27,32-35,37-39,41,44,47-48,52,55,59,73-75,80H,5-8,11-12,15-19,28-31,36,40,42-43,45-46,49-51,53-54,56-58,60-72H2,1-4H3,(H,85,86)(H,87,88)/b13-9-,14-10-,24-20-,25-21-,26-22-,27-23-,35-32-,37-33-,38-34-,41-39-,47-44-,52-48-,59-55-. The molecule has 0 radical (unpaired) electrons. The molecule has 5 atom stereocenters. The molecule has 0 aliphatic rings. The minimum Gasteiger partial charge on any atom is -0.462 e. The fraction of sp³-hybridized carbons (Fsp3) is 0.620. The minimum absolute atomic E-state index is 0.0532. The maximum atomic E-state index is 13.0. The van der Waals surface area contributed by atoms with Gasteiger partial charge in [0.05, 0.1) is 32.8 Å². The number of hydrogen-bond donors (Lipinski definition) is 3. The van der Waals surface area contributed by atoms with Crippen LogP contribution in [0.4, 0.5) is 0 Å². The van der Waals surface area contributed by atoms with Crippen molar-refractivity contribution in [3.8, 4) is 0 Å². The molecule has 0 aromatic rings. The number of allylic oxidation sites excluding steroid dienone is 25. The molecule has 0 fully saturated rings. The lowest BCUT2D eigenvalue weighted by atomic mass is 10.1. The highest BCUT2D eigenvalue weighted by atomic mass is 31.2. The van der Waals surface area contributed by atoms with Crippen LogP contribution in [0.15, 0.2) is 158 Å². The van der Waals surface area contributed by atoms with Gasteiger partial charge in [-0.25, -0.2) is 9.13 Å². The molecule has 0 heterocycles. The van der Waals surface area contributed by atoms with E-state index >= 15 is 0 Å². The van der Waals surface area contributed by atoms with E-state index in [2.05, 4.69) is 149 Å². The number of phosphoric acid groups is 2. The van der Waals surface area contributed by atoms with E-state index in [1.54, 1.807) is 6.08 Å². The molecule has 0 aliphatic heterocycles. The molecule has 98 heavy (non-hydrogen) atoms. The molecular formula is C79H128O17P2. The number of phosphoric ester groups is 2. The summed E-state index contributed by atoms with van der Waals surface area (Å²) in [6, 6.07) is 0. The molecule has 0 spiro atoms. The lowest BCUT2D eigenvalue weighted by Crippen LogP contribution is -2.30. The third kappa shape index (κ3) is 69.2. The van der Waals surface area contributed by atoms with Crippen LogP contribution in [0.2, 0.25) is 0 Å². The van der Waals surface area contributed by atoms with E-state index in [1.165, 1.54) is 25.7 Å². The highest BCUT2D eigenvalue weighted by Crippen LogP contribution is 2.45. The molecule has 17 nitrogen and oxygen atoms in total. The highest BCUT2D eigenvalue weighted by Gasteiger charge is 2.30. The maximum Gasteiger partial charge on any atom is 0.472 e.